The Balaban J connectivity index is 1.66. The molecule has 0 spiro atoms. The van der Waals surface area contributed by atoms with Gasteiger partial charge in [0.25, 0.3) is 5.76 Å². The maximum Gasteiger partial charge on any atom is 0.284 e. The van der Waals surface area contributed by atoms with Gasteiger partial charge in [-0.15, -0.1) is 0 Å². The number of hydrogen-bond donors (Lipinski definition) is 1. The predicted molar refractivity (Wildman–Crippen MR) is 66.7 cm³/mol. The summed E-state index contributed by atoms with van der Waals surface area (Å²) in [6, 6.07) is 3.57. The van der Waals surface area contributed by atoms with E-state index in [9.17, 15) is 8.78 Å². The van der Waals surface area contributed by atoms with Gasteiger partial charge in [0.15, 0.2) is 0 Å². The minimum atomic E-state index is -2.35. The minimum Gasteiger partial charge on any atom is -0.464 e. The molecule has 0 amide bonds. The largest absolute Gasteiger partial charge is 0.464 e. The van der Waals surface area contributed by atoms with Crippen LogP contribution in [0.4, 0.5) is 8.78 Å². The molecule has 1 atom stereocenters. The van der Waals surface area contributed by atoms with E-state index in [1.54, 1.807) is 6.07 Å². The second-order valence-electron chi connectivity index (χ2n) is 4.21. The molecule has 0 unspecified atom stereocenters. The van der Waals surface area contributed by atoms with Gasteiger partial charge in [-0.25, -0.2) is 0 Å². The van der Waals surface area contributed by atoms with Crippen LogP contribution in [-0.4, -0.2) is 25.0 Å². The molecule has 102 valence electrons. The van der Waals surface area contributed by atoms with E-state index in [-0.39, 0.29) is 5.75 Å². The molecule has 1 N–H and O–H groups in total. The molecule has 1 saturated heterocycles. The zero-order valence-corrected chi connectivity index (χ0v) is 10.8. The Morgan fingerprint density at radius 3 is 2.94 bits per heavy atom. The number of rotatable bonds is 7. The lowest BCUT2D eigenvalue weighted by molar-refractivity contribution is 0.109. The van der Waals surface area contributed by atoms with Gasteiger partial charge in [-0.1, -0.05) is 11.8 Å². The SMILES string of the molecule is FC(F)SCc1ccc(CNC[C@H]2CCCO2)o1. The highest BCUT2D eigenvalue weighted by molar-refractivity contribution is 7.98. The van der Waals surface area contributed by atoms with Crippen LogP contribution in [0, 0.1) is 0 Å². The van der Waals surface area contributed by atoms with Gasteiger partial charge in [0, 0.05) is 13.2 Å². The maximum absolute atomic E-state index is 12.0. The Labute approximate surface area is 109 Å². The molecule has 0 saturated carbocycles. The average molecular weight is 277 g/mol. The van der Waals surface area contributed by atoms with Crippen LogP contribution >= 0.6 is 11.8 Å². The summed E-state index contributed by atoms with van der Waals surface area (Å²) >= 11 is 0.574. The Morgan fingerprint density at radius 1 is 1.39 bits per heavy atom. The van der Waals surface area contributed by atoms with Crippen LogP contribution in [0.3, 0.4) is 0 Å². The van der Waals surface area contributed by atoms with Crippen LogP contribution in [0.25, 0.3) is 0 Å². The van der Waals surface area contributed by atoms with Crippen molar-refractivity contribution in [1.82, 2.24) is 5.32 Å². The van der Waals surface area contributed by atoms with E-state index in [4.69, 9.17) is 9.15 Å². The molecule has 1 fully saturated rings. The summed E-state index contributed by atoms with van der Waals surface area (Å²) in [7, 11) is 0. The lowest BCUT2D eigenvalue weighted by Gasteiger charge is -2.09. The fraction of sp³-hybridized carbons (Fsp3) is 0.667. The van der Waals surface area contributed by atoms with E-state index in [1.165, 1.54) is 0 Å². The predicted octanol–water partition coefficient (Wildman–Crippen LogP) is 3.00. The van der Waals surface area contributed by atoms with Crippen molar-refractivity contribution in [2.45, 2.75) is 37.0 Å². The first-order valence-corrected chi connectivity index (χ1v) is 7.08. The van der Waals surface area contributed by atoms with Gasteiger partial charge < -0.3 is 14.5 Å². The molecule has 3 nitrogen and oxygen atoms in total. The molecular formula is C12H17F2NO2S. The van der Waals surface area contributed by atoms with Gasteiger partial charge in [0.2, 0.25) is 0 Å². The zero-order chi connectivity index (χ0) is 12.8. The Kier molecular flexibility index (Phi) is 5.46. The molecule has 1 aromatic rings. The van der Waals surface area contributed by atoms with Gasteiger partial charge in [-0.3, -0.25) is 0 Å². The van der Waals surface area contributed by atoms with Crippen molar-refractivity contribution in [3.8, 4) is 0 Å². The molecule has 0 bridgehead atoms. The smallest absolute Gasteiger partial charge is 0.284 e. The number of hydrogen-bond acceptors (Lipinski definition) is 4. The topological polar surface area (TPSA) is 34.4 Å². The van der Waals surface area contributed by atoms with E-state index in [0.29, 0.717) is 30.2 Å². The number of ether oxygens (including phenoxy) is 1. The van der Waals surface area contributed by atoms with E-state index in [2.05, 4.69) is 5.32 Å². The second-order valence-corrected chi connectivity index (χ2v) is 5.18. The minimum absolute atomic E-state index is 0.212. The lowest BCUT2D eigenvalue weighted by Crippen LogP contribution is -2.25. The van der Waals surface area contributed by atoms with E-state index < -0.39 is 5.76 Å². The second kappa shape index (κ2) is 7.11. The van der Waals surface area contributed by atoms with Crippen LogP contribution in [0.15, 0.2) is 16.5 Å². The molecule has 0 aromatic carbocycles. The van der Waals surface area contributed by atoms with Crippen molar-refractivity contribution in [3.63, 3.8) is 0 Å². The van der Waals surface area contributed by atoms with Crippen molar-refractivity contribution in [2.24, 2.45) is 0 Å². The first-order valence-electron chi connectivity index (χ1n) is 6.03. The third-order valence-corrected chi connectivity index (χ3v) is 3.47. The molecule has 1 aliphatic rings. The van der Waals surface area contributed by atoms with Crippen molar-refractivity contribution >= 4 is 11.8 Å². The maximum atomic E-state index is 12.0. The number of thioether (sulfide) groups is 1. The molecule has 0 aliphatic carbocycles. The third-order valence-electron chi connectivity index (χ3n) is 2.76. The third kappa shape index (κ3) is 4.59. The summed E-state index contributed by atoms with van der Waals surface area (Å²) in [6.45, 7) is 2.27. The summed E-state index contributed by atoms with van der Waals surface area (Å²) in [5, 5.41) is 3.25. The standard InChI is InChI=1S/C12H17F2NO2S/c13-12(14)18-8-11-4-3-10(17-11)7-15-6-9-2-1-5-16-9/h3-4,9,12,15H,1-2,5-8H2/t9-/m1/s1. The fourth-order valence-corrected chi connectivity index (χ4v) is 2.35. The quantitative estimate of drug-likeness (QED) is 0.831. The molecule has 1 aromatic heterocycles. The van der Waals surface area contributed by atoms with Gasteiger partial charge in [-0.2, -0.15) is 8.78 Å². The highest BCUT2D eigenvalue weighted by Gasteiger charge is 2.14. The van der Waals surface area contributed by atoms with Crippen molar-refractivity contribution in [3.05, 3.63) is 23.7 Å². The molecule has 6 heteroatoms. The van der Waals surface area contributed by atoms with Crippen LogP contribution < -0.4 is 5.32 Å². The molecule has 2 rings (SSSR count). The Hall–Kier alpha value is -0.590. The van der Waals surface area contributed by atoms with E-state index in [1.807, 2.05) is 6.07 Å². The molecule has 1 aliphatic heterocycles. The number of furan rings is 1. The van der Waals surface area contributed by atoms with Crippen molar-refractivity contribution in [1.29, 1.82) is 0 Å². The van der Waals surface area contributed by atoms with E-state index in [0.717, 1.165) is 31.8 Å². The number of alkyl halides is 2. The summed E-state index contributed by atoms with van der Waals surface area (Å²) in [6.07, 6.45) is 2.53. The highest BCUT2D eigenvalue weighted by Crippen LogP contribution is 2.21. The molecule has 18 heavy (non-hydrogen) atoms. The van der Waals surface area contributed by atoms with E-state index >= 15 is 0 Å². The van der Waals surface area contributed by atoms with Crippen molar-refractivity contribution < 1.29 is 17.9 Å². The summed E-state index contributed by atoms with van der Waals surface area (Å²) < 4.78 is 34.9. The average Bonchev–Trinajstić information content (AvgIpc) is 2.97. The number of halogens is 2. The van der Waals surface area contributed by atoms with Gasteiger partial charge >= 0.3 is 0 Å². The summed E-state index contributed by atoms with van der Waals surface area (Å²) in [5.41, 5.74) is 0. The van der Waals surface area contributed by atoms with Crippen LogP contribution in [0.2, 0.25) is 0 Å². The molecule has 0 radical (unpaired) electrons. The highest BCUT2D eigenvalue weighted by atomic mass is 32.2. The first kappa shape index (κ1) is 13.8. The van der Waals surface area contributed by atoms with Crippen molar-refractivity contribution in [2.75, 3.05) is 13.2 Å². The lowest BCUT2D eigenvalue weighted by atomic mass is 10.2. The van der Waals surface area contributed by atoms with Gasteiger partial charge in [0.1, 0.15) is 11.5 Å². The normalized spacial score (nSPS) is 19.8. The zero-order valence-electron chi connectivity index (χ0n) is 10.0. The Morgan fingerprint density at radius 2 is 2.22 bits per heavy atom. The Bertz CT molecular complexity index is 354. The number of nitrogens with one attached hydrogen (secondary N) is 1. The van der Waals surface area contributed by atoms with Gasteiger partial charge in [0.05, 0.1) is 18.4 Å². The van der Waals surface area contributed by atoms with Crippen LogP contribution in [0.1, 0.15) is 24.4 Å². The summed E-state index contributed by atoms with van der Waals surface area (Å²) in [4.78, 5) is 0. The van der Waals surface area contributed by atoms with Gasteiger partial charge in [-0.05, 0) is 25.0 Å². The molecular weight excluding hydrogens is 260 g/mol. The summed E-state index contributed by atoms with van der Waals surface area (Å²) in [5.74, 6) is -0.771. The first-order chi connectivity index (χ1) is 8.74. The van der Waals surface area contributed by atoms with Crippen LogP contribution in [0.5, 0.6) is 0 Å². The van der Waals surface area contributed by atoms with Crippen LogP contribution in [-0.2, 0) is 17.0 Å². The fourth-order valence-electron chi connectivity index (χ4n) is 1.90. The monoisotopic (exact) mass is 277 g/mol. The molecule has 2 heterocycles.